The molecule has 3 fully saturated rings. The van der Waals surface area contributed by atoms with Crippen molar-refractivity contribution in [2.75, 3.05) is 18.2 Å². The highest BCUT2D eigenvalue weighted by Gasteiger charge is 2.67. The number of ether oxygens (including phenoxy) is 1. The number of halogens is 3. The van der Waals surface area contributed by atoms with E-state index in [9.17, 15) is 27.6 Å². The van der Waals surface area contributed by atoms with Gasteiger partial charge in [0.15, 0.2) is 0 Å². The van der Waals surface area contributed by atoms with E-state index in [-0.39, 0.29) is 17.5 Å². The quantitative estimate of drug-likeness (QED) is 0.528. The van der Waals surface area contributed by atoms with Crippen LogP contribution in [-0.4, -0.2) is 42.1 Å². The van der Waals surface area contributed by atoms with Crippen LogP contribution in [0.5, 0.6) is 5.75 Å². The third-order valence-corrected chi connectivity index (χ3v) is 6.98. The predicted molar refractivity (Wildman–Crippen MR) is 103 cm³/mol. The van der Waals surface area contributed by atoms with Crippen molar-refractivity contribution in [2.24, 2.45) is 35.5 Å². The van der Waals surface area contributed by atoms with Crippen molar-refractivity contribution in [2.45, 2.75) is 19.5 Å². The number of nitrogens with zero attached hydrogens (tertiary/aromatic N) is 2. The van der Waals surface area contributed by atoms with Gasteiger partial charge in [0.2, 0.25) is 11.8 Å². The van der Waals surface area contributed by atoms with Crippen molar-refractivity contribution in [1.82, 2.24) is 4.90 Å². The fourth-order valence-corrected chi connectivity index (χ4v) is 5.60. The molecule has 6 atom stereocenters. The zero-order valence-corrected chi connectivity index (χ0v) is 16.7. The third kappa shape index (κ3) is 3.04. The van der Waals surface area contributed by atoms with E-state index < -0.39 is 42.4 Å². The minimum Gasteiger partial charge on any atom is -0.494 e. The molecule has 1 aliphatic heterocycles. The molecule has 2 saturated carbocycles. The first kappa shape index (κ1) is 20.1. The van der Waals surface area contributed by atoms with Gasteiger partial charge < -0.3 is 4.74 Å². The molecule has 9 heteroatoms. The molecule has 2 bridgehead atoms. The molecule has 4 aliphatic carbocycles. The van der Waals surface area contributed by atoms with Crippen molar-refractivity contribution in [3.8, 4) is 5.75 Å². The summed E-state index contributed by atoms with van der Waals surface area (Å²) in [6.45, 7) is 1.39. The normalized spacial score (nSPS) is 32.7. The Bertz CT molecular complexity index is 938. The van der Waals surface area contributed by atoms with Gasteiger partial charge in [-0.2, -0.15) is 13.2 Å². The Morgan fingerprint density at radius 3 is 2.10 bits per heavy atom. The highest BCUT2D eigenvalue weighted by Crippen LogP contribution is 2.65. The highest BCUT2D eigenvalue weighted by molar-refractivity contribution is 6.07. The van der Waals surface area contributed by atoms with E-state index in [1.54, 1.807) is 6.92 Å². The van der Waals surface area contributed by atoms with Gasteiger partial charge >= 0.3 is 12.1 Å². The second-order valence-electron chi connectivity index (χ2n) is 8.56. The van der Waals surface area contributed by atoms with E-state index in [1.165, 1.54) is 24.3 Å². The summed E-state index contributed by atoms with van der Waals surface area (Å²) in [6, 6.07) is 5.52. The average molecular weight is 434 g/mol. The third-order valence-electron chi connectivity index (χ3n) is 6.98. The Hall–Kier alpha value is -2.84. The van der Waals surface area contributed by atoms with E-state index in [1.807, 2.05) is 12.2 Å². The maximum atomic E-state index is 13.3. The monoisotopic (exact) mass is 434 g/mol. The van der Waals surface area contributed by atoms with Crippen LogP contribution in [0, 0.1) is 35.5 Å². The lowest BCUT2D eigenvalue weighted by Gasteiger charge is -2.37. The zero-order valence-electron chi connectivity index (χ0n) is 16.7. The van der Waals surface area contributed by atoms with Gasteiger partial charge in [0, 0.05) is 5.69 Å². The number of carbonyl (C=O) groups excluding carboxylic acids is 3. The Morgan fingerprint density at radius 2 is 1.61 bits per heavy atom. The minimum atomic E-state index is -5.15. The molecule has 1 heterocycles. The second kappa shape index (κ2) is 6.83. The fraction of sp³-hybridized carbons (Fsp3) is 0.500. The van der Waals surface area contributed by atoms with Crippen molar-refractivity contribution in [3.63, 3.8) is 0 Å². The maximum absolute atomic E-state index is 13.3. The Kier molecular flexibility index (Phi) is 4.43. The topological polar surface area (TPSA) is 66.9 Å². The number of benzene rings is 1. The summed E-state index contributed by atoms with van der Waals surface area (Å²) >= 11 is 0. The standard InChI is InChI=1S/C22H21F3N2O4/c1-2-31-12-5-3-11(4-6-12)26(21(30)22(23,24)25)10-27-19(28)17-13-7-8-14(16-9-15(13)16)18(17)20(27)29/h3-8,13-18H,2,9-10H2,1H3/t13-,14-,15-,16-,17+,18+/m0/s1. The molecule has 1 saturated heterocycles. The van der Waals surface area contributed by atoms with E-state index in [0.29, 0.717) is 29.1 Å². The van der Waals surface area contributed by atoms with Crippen LogP contribution >= 0.6 is 0 Å². The molecule has 1 aromatic rings. The van der Waals surface area contributed by atoms with Gasteiger partial charge in [0.25, 0.3) is 0 Å². The van der Waals surface area contributed by atoms with Crippen LogP contribution in [0.3, 0.4) is 0 Å². The molecule has 0 unspecified atom stereocenters. The SMILES string of the molecule is CCOc1ccc(N(CN2C(=O)[C@@H]3[C@H]4C=C[C@@H]([C@@H]5C[C@@H]45)[C@H]3C2=O)C(=O)C(F)(F)F)cc1. The zero-order chi connectivity index (χ0) is 22.1. The van der Waals surface area contributed by atoms with Crippen molar-refractivity contribution in [1.29, 1.82) is 0 Å². The van der Waals surface area contributed by atoms with Gasteiger partial charge in [-0.25, -0.2) is 0 Å². The Balaban J connectivity index is 1.44. The summed E-state index contributed by atoms with van der Waals surface area (Å²) in [5.74, 6) is -3.04. The fourth-order valence-electron chi connectivity index (χ4n) is 5.60. The molecule has 31 heavy (non-hydrogen) atoms. The number of rotatable bonds is 5. The average Bonchev–Trinajstić information content (AvgIpc) is 3.52. The summed E-state index contributed by atoms with van der Waals surface area (Å²) in [5.41, 5.74) is -0.0646. The lowest BCUT2D eigenvalue weighted by atomic mass is 9.63. The van der Waals surface area contributed by atoms with Gasteiger partial charge in [-0.3, -0.25) is 24.2 Å². The number of imide groups is 1. The van der Waals surface area contributed by atoms with E-state index in [0.717, 1.165) is 11.3 Å². The van der Waals surface area contributed by atoms with Crippen LogP contribution in [0.1, 0.15) is 13.3 Å². The molecule has 0 aromatic heterocycles. The summed E-state index contributed by atoms with van der Waals surface area (Å²) in [5, 5.41) is 0. The first-order valence-corrected chi connectivity index (χ1v) is 10.4. The van der Waals surface area contributed by atoms with Gasteiger partial charge in [0.1, 0.15) is 12.4 Å². The molecule has 3 amide bonds. The molecule has 0 spiro atoms. The van der Waals surface area contributed by atoms with Crippen LogP contribution in [0.4, 0.5) is 18.9 Å². The molecule has 5 aliphatic rings. The Labute approximate surface area is 176 Å². The molecular weight excluding hydrogens is 413 g/mol. The van der Waals surface area contributed by atoms with E-state index in [2.05, 4.69) is 0 Å². The number of anilines is 1. The lowest BCUT2D eigenvalue weighted by molar-refractivity contribution is -0.171. The van der Waals surface area contributed by atoms with Gasteiger partial charge in [0.05, 0.1) is 18.4 Å². The number of hydrogen-bond acceptors (Lipinski definition) is 4. The summed E-state index contributed by atoms with van der Waals surface area (Å²) in [4.78, 5) is 39.7. The summed E-state index contributed by atoms with van der Waals surface area (Å²) in [6.07, 6.45) is -0.195. The molecule has 6 nitrogen and oxygen atoms in total. The number of likely N-dealkylation sites (tertiary alicyclic amines) is 1. The van der Waals surface area contributed by atoms with Crippen LogP contribution in [0.2, 0.25) is 0 Å². The van der Waals surface area contributed by atoms with Gasteiger partial charge in [-0.05, 0) is 61.3 Å². The number of amides is 3. The molecular formula is C22H21F3N2O4. The number of allylic oxidation sites excluding steroid dienone is 2. The molecule has 164 valence electrons. The maximum Gasteiger partial charge on any atom is 0.471 e. The number of alkyl halides is 3. The largest absolute Gasteiger partial charge is 0.494 e. The van der Waals surface area contributed by atoms with Gasteiger partial charge in [-0.15, -0.1) is 0 Å². The molecule has 0 N–H and O–H groups in total. The first-order chi connectivity index (χ1) is 14.7. The van der Waals surface area contributed by atoms with E-state index >= 15 is 0 Å². The molecule has 6 rings (SSSR count). The van der Waals surface area contributed by atoms with Crippen molar-refractivity contribution < 1.29 is 32.3 Å². The summed E-state index contributed by atoms with van der Waals surface area (Å²) < 4.78 is 45.3. The number of hydrogen-bond donors (Lipinski definition) is 0. The van der Waals surface area contributed by atoms with Crippen LogP contribution in [0.25, 0.3) is 0 Å². The minimum absolute atomic E-state index is 0.0429. The predicted octanol–water partition coefficient (Wildman–Crippen LogP) is 2.99. The van der Waals surface area contributed by atoms with Crippen molar-refractivity contribution >= 4 is 23.4 Å². The highest BCUT2D eigenvalue weighted by atomic mass is 19.4. The van der Waals surface area contributed by atoms with Crippen LogP contribution in [0.15, 0.2) is 36.4 Å². The lowest BCUT2D eigenvalue weighted by Crippen LogP contribution is -2.49. The molecule has 0 radical (unpaired) electrons. The Morgan fingerprint density at radius 1 is 1.06 bits per heavy atom. The van der Waals surface area contributed by atoms with Crippen LogP contribution in [-0.2, 0) is 14.4 Å². The smallest absolute Gasteiger partial charge is 0.471 e. The number of carbonyl (C=O) groups is 3. The molecule has 1 aromatic carbocycles. The van der Waals surface area contributed by atoms with Gasteiger partial charge in [-0.1, -0.05) is 12.2 Å². The van der Waals surface area contributed by atoms with E-state index in [4.69, 9.17) is 4.74 Å². The van der Waals surface area contributed by atoms with Crippen molar-refractivity contribution in [3.05, 3.63) is 36.4 Å². The second-order valence-corrected chi connectivity index (χ2v) is 8.56. The van der Waals surface area contributed by atoms with Crippen LogP contribution < -0.4 is 9.64 Å². The first-order valence-electron chi connectivity index (χ1n) is 10.4. The summed E-state index contributed by atoms with van der Waals surface area (Å²) in [7, 11) is 0.